The SMILES string of the molecule is [CH2-]c1ccc2c(c1)OCCC2.[W]. The molecule has 0 saturated heterocycles. The van der Waals surface area contributed by atoms with Gasteiger partial charge in [-0.3, -0.25) is 0 Å². The van der Waals surface area contributed by atoms with Crippen LogP contribution in [0.4, 0.5) is 0 Å². The van der Waals surface area contributed by atoms with Crippen LogP contribution in [0.2, 0.25) is 0 Å². The number of ether oxygens (including phenoxy) is 1. The van der Waals surface area contributed by atoms with Gasteiger partial charge in [0.1, 0.15) is 0 Å². The average molecular weight is 331 g/mol. The van der Waals surface area contributed by atoms with Crippen molar-refractivity contribution in [3.63, 3.8) is 0 Å². The predicted molar refractivity (Wildman–Crippen MR) is 44.7 cm³/mol. The third-order valence-electron chi connectivity index (χ3n) is 1.98. The molecule has 0 atom stereocenters. The third-order valence-corrected chi connectivity index (χ3v) is 1.98. The topological polar surface area (TPSA) is 9.23 Å². The molecular weight excluding hydrogens is 320 g/mol. The summed E-state index contributed by atoms with van der Waals surface area (Å²) in [6.07, 6.45) is 2.29. The van der Waals surface area contributed by atoms with Crippen LogP contribution in [0.5, 0.6) is 5.75 Å². The second-order valence-corrected chi connectivity index (χ2v) is 2.89. The van der Waals surface area contributed by atoms with Crippen LogP contribution >= 0.6 is 0 Å². The van der Waals surface area contributed by atoms with Crippen molar-refractivity contribution in [2.75, 3.05) is 6.61 Å². The number of hydrogen-bond acceptors (Lipinski definition) is 1. The van der Waals surface area contributed by atoms with Gasteiger partial charge >= 0.3 is 0 Å². The molecule has 1 aromatic rings. The summed E-state index contributed by atoms with van der Waals surface area (Å²) in [4.78, 5) is 0. The molecule has 1 nitrogen and oxygen atoms in total. The van der Waals surface area contributed by atoms with Crippen LogP contribution in [0.1, 0.15) is 17.5 Å². The molecule has 1 aromatic carbocycles. The summed E-state index contributed by atoms with van der Waals surface area (Å²) in [5.74, 6) is 1.03. The Morgan fingerprint density at radius 3 is 3.00 bits per heavy atom. The van der Waals surface area contributed by atoms with E-state index in [2.05, 4.69) is 13.0 Å². The van der Waals surface area contributed by atoms with Gasteiger partial charge in [-0.25, -0.2) is 0 Å². The maximum atomic E-state index is 5.46. The Morgan fingerprint density at radius 2 is 2.17 bits per heavy atom. The van der Waals surface area contributed by atoms with Crippen LogP contribution in [-0.2, 0) is 27.5 Å². The Morgan fingerprint density at radius 1 is 1.33 bits per heavy atom. The van der Waals surface area contributed by atoms with E-state index in [1.54, 1.807) is 0 Å². The molecule has 0 unspecified atom stereocenters. The van der Waals surface area contributed by atoms with Crippen molar-refractivity contribution in [1.29, 1.82) is 0 Å². The Hall–Kier alpha value is -0.422. The summed E-state index contributed by atoms with van der Waals surface area (Å²) < 4.78 is 5.46. The summed E-state index contributed by atoms with van der Waals surface area (Å²) in [7, 11) is 0. The first kappa shape index (κ1) is 9.66. The molecule has 1 aliphatic heterocycles. The first-order valence-corrected chi connectivity index (χ1v) is 3.94. The quantitative estimate of drug-likeness (QED) is 0.663. The van der Waals surface area contributed by atoms with E-state index in [4.69, 9.17) is 4.74 Å². The summed E-state index contributed by atoms with van der Waals surface area (Å²) in [6, 6.07) is 6.15. The molecule has 0 amide bonds. The van der Waals surface area contributed by atoms with Crippen LogP contribution in [0.15, 0.2) is 18.2 Å². The van der Waals surface area contributed by atoms with Crippen molar-refractivity contribution >= 4 is 0 Å². The smallest absolute Gasteiger partial charge is 0.0869 e. The van der Waals surface area contributed by atoms with Gasteiger partial charge in [-0.2, -0.15) is 18.6 Å². The maximum Gasteiger partial charge on any atom is 0.0869 e. The summed E-state index contributed by atoms with van der Waals surface area (Å²) in [5.41, 5.74) is 2.36. The Kier molecular flexibility index (Phi) is 3.22. The second kappa shape index (κ2) is 4.00. The maximum absolute atomic E-state index is 5.46. The summed E-state index contributed by atoms with van der Waals surface area (Å²) >= 11 is 0. The van der Waals surface area contributed by atoms with Crippen molar-refractivity contribution in [2.45, 2.75) is 12.8 Å². The first-order chi connectivity index (χ1) is 5.36. The Balaban J connectivity index is 0.000000720. The zero-order valence-corrected chi connectivity index (χ0v) is 9.81. The van der Waals surface area contributed by atoms with Crippen molar-refractivity contribution in [1.82, 2.24) is 0 Å². The van der Waals surface area contributed by atoms with E-state index in [0.717, 1.165) is 30.8 Å². The molecule has 0 spiro atoms. The molecule has 1 aliphatic rings. The van der Waals surface area contributed by atoms with Crippen LogP contribution < -0.4 is 4.74 Å². The molecule has 0 saturated carbocycles. The minimum atomic E-state index is 0. The molecule has 64 valence electrons. The van der Waals surface area contributed by atoms with Crippen molar-refractivity contribution in [2.24, 2.45) is 0 Å². The fourth-order valence-electron chi connectivity index (χ4n) is 1.38. The minimum absolute atomic E-state index is 0. The molecule has 0 bridgehead atoms. The van der Waals surface area contributed by atoms with E-state index < -0.39 is 0 Å². The zero-order chi connectivity index (χ0) is 7.68. The molecule has 0 fully saturated rings. The monoisotopic (exact) mass is 331 g/mol. The molecule has 0 radical (unpaired) electrons. The molecule has 0 aliphatic carbocycles. The molecule has 0 aromatic heterocycles. The largest absolute Gasteiger partial charge is 0.506 e. The van der Waals surface area contributed by atoms with Gasteiger partial charge < -0.3 is 4.74 Å². The molecule has 12 heavy (non-hydrogen) atoms. The van der Waals surface area contributed by atoms with Crippen LogP contribution in [0.25, 0.3) is 0 Å². The van der Waals surface area contributed by atoms with E-state index in [1.165, 1.54) is 5.56 Å². The minimum Gasteiger partial charge on any atom is -0.506 e. The normalized spacial score (nSPS) is 14.0. The zero-order valence-electron chi connectivity index (χ0n) is 6.88. The average Bonchev–Trinajstić information content (AvgIpc) is 2.04. The van der Waals surface area contributed by atoms with Gasteiger partial charge in [-0.1, -0.05) is 0 Å². The van der Waals surface area contributed by atoms with Crippen LogP contribution in [0.3, 0.4) is 0 Å². The Bertz CT molecular complexity index is 271. The van der Waals surface area contributed by atoms with Gasteiger partial charge in [0.25, 0.3) is 0 Å². The fourth-order valence-corrected chi connectivity index (χ4v) is 1.38. The first-order valence-electron chi connectivity index (χ1n) is 3.94. The van der Waals surface area contributed by atoms with Gasteiger partial charge in [0, 0.05) is 21.1 Å². The Labute approximate surface area is 87.4 Å². The van der Waals surface area contributed by atoms with Crippen molar-refractivity contribution in [3.05, 3.63) is 36.2 Å². The summed E-state index contributed by atoms with van der Waals surface area (Å²) in [6.45, 7) is 4.71. The van der Waals surface area contributed by atoms with Gasteiger partial charge in [0.2, 0.25) is 0 Å². The number of benzene rings is 1. The molecular formula is C10H11OW-. The fraction of sp³-hybridized carbons (Fsp3) is 0.300. The van der Waals surface area contributed by atoms with E-state index in [1.807, 2.05) is 12.1 Å². The molecule has 0 N–H and O–H groups in total. The van der Waals surface area contributed by atoms with Gasteiger partial charge in [0.15, 0.2) is 0 Å². The van der Waals surface area contributed by atoms with E-state index in [9.17, 15) is 0 Å². The number of hydrogen-bond donors (Lipinski definition) is 0. The predicted octanol–water partition coefficient (Wildman–Crippen LogP) is 2.19. The van der Waals surface area contributed by atoms with Gasteiger partial charge in [-0.05, 0) is 18.4 Å². The van der Waals surface area contributed by atoms with Crippen LogP contribution in [0, 0.1) is 6.92 Å². The van der Waals surface area contributed by atoms with E-state index in [0.29, 0.717) is 0 Å². The number of aryl methyl sites for hydroxylation is 1. The number of rotatable bonds is 0. The van der Waals surface area contributed by atoms with E-state index in [-0.39, 0.29) is 21.1 Å². The number of fused-ring (bicyclic) bond motifs is 1. The van der Waals surface area contributed by atoms with Gasteiger partial charge in [-0.15, -0.1) is 12.1 Å². The van der Waals surface area contributed by atoms with Gasteiger partial charge in [0.05, 0.1) is 12.4 Å². The molecule has 1 heterocycles. The van der Waals surface area contributed by atoms with E-state index >= 15 is 0 Å². The summed E-state index contributed by atoms with van der Waals surface area (Å²) in [5, 5.41) is 0. The molecule has 2 heteroatoms. The molecule has 2 rings (SSSR count). The standard InChI is InChI=1S/C10H11O.W/c1-8-4-5-9-3-2-6-11-10(9)7-8;/h4-5,7H,1-3,6H2;/q-1;. The third kappa shape index (κ3) is 1.84. The van der Waals surface area contributed by atoms with Crippen LogP contribution in [-0.4, -0.2) is 6.61 Å². The second-order valence-electron chi connectivity index (χ2n) is 2.89. The van der Waals surface area contributed by atoms with Crippen molar-refractivity contribution in [3.8, 4) is 5.75 Å². The van der Waals surface area contributed by atoms with Crippen molar-refractivity contribution < 1.29 is 25.8 Å².